The largest absolute Gasteiger partial charge is 0.254 e. The third-order valence-electron chi connectivity index (χ3n) is 2.48. The summed E-state index contributed by atoms with van der Waals surface area (Å²) in [5.74, 6) is 0. The first-order chi connectivity index (χ1) is 7.95. The number of pyridine rings is 1. The molecule has 0 spiro atoms. The second-order valence-corrected chi connectivity index (χ2v) is 3.50. The molecule has 0 aliphatic heterocycles. The van der Waals surface area contributed by atoms with Gasteiger partial charge in [-0.25, -0.2) is 0 Å². The molecular weight excluding hydrogens is 198 g/mol. The fraction of sp³-hybridized carbons (Fsp3) is 0. The second-order valence-electron chi connectivity index (χ2n) is 3.50. The zero-order valence-electron chi connectivity index (χ0n) is 8.54. The predicted octanol–water partition coefficient (Wildman–Crippen LogP) is 2.69. The van der Waals surface area contributed by atoms with Crippen molar-refractivity contribution < 1.29 is 0 Å². The minimum absolute atomic E-state index is 0.872. The molecule has 3 rings (SSSR count). The van der Waals surface area contributed by atoms with Crippen LogP contribution in [-0.2, 0) is 0 Å². The molecule has 3 heteroatoms. The maximum absolute atomic E-state index is 4.26. The Bertz CT molecular complexity index is 615. The van der Waals surface area contributed by atoms with Gasteiger partial charge in [0.2, 0.25) is 0 Å². The quantitative estimate of drug-likeness (QED) is 0.615. The Kier molecular flexibility index (Phi) is 2.07. The van der Waals surface area contributed by atoms with Crippen molar-refractivity contribution in [3.8, 4) is 11.3 Å². The third-order valence-corrected chi connectivity index (χ3v) is 2.48. The SMILES string of the molecule is c1ccc(-c2nncc3ncccc23)cc1. The molecule has 0 aliphatic carbocycles. The van der Waals surface area contributed by atoms with Crippen molar-refractivity contribution in [1.29, 1.82) is 0 Å². The Morgan fingerprint density at radius 3 is 2.62 bits per heavy atom. The van der Waals surface area contributed by atoms with E-state index >= 15 is 0 Å². The van der Waals surface area contributed by atoms with Crippen LogP contribution in [0.3, 0.4) is 0 Å². The van der Waals surface area contributed by atoms with E-state index in [4.69, 9.17) is 0 Å². The van der Waals surface area contributed by atoms with Crippen LogP contribution in [-0.4, -0.2) is 15.2 Å². The summed E-state index contributed by atoms with van der Waals surface area (Å²) in [6.45, 7) is 0. The van der Waals surface area contributed by atoms with E-state index in [1.807, 2.05) is 42.5 Å². The zero-order chi connectivity index (χ0) is 10.8. The molecule has 76 valence electrons. The highest BCUT2D eigenvalue weighted by Gasteiger charge is 2.05. The zero-order valence-corrected chi connectivity index (χ0v) is 8.54. The summed E-state index contributed by atoms with van der Waals surface area (Å²) >= 11 is 0. The number of benzene rings is 1. The molecule has 0 N–H and O–H groups in total. The molecule has 0 atom stereocenters. The first-order valence-electron chi connectivity index (χ1n) is 5.07. The molecule has 0 saturated heterocycles. The van der Waals surface area contributed by atoms with Gasteiger partial charge in [-0.05, 0) is 12.1 Å². The normalized spacial score (nSPS) is 10.5. The van der Waals surface area contributed by atoms with Crippen LogP contribution < -0.4 is 0 Å². The Morgan fingerprint density at radius 2 is 1.75 bits per heavy atom. The van der Waals surface area contributed by atoms with Gasteiger partial charge in [0.1, 0.15) is 5.69 Å². The van der Waals surface area contributed by atoms with Crippen LogP contribution in [0.5, 0.6) is 0 Å². The van der Waals surface area contributed by atoms with Gasteiger partial charge in [-0.2, -0.15) is 5.10 Å². The van der Waals surface area contributed by atoms with Crippen LogP contribution in [0, 0.1) is 0 Å². The summed E-state index contributed by atoms with van der Waals surface area (Å²) in [7, 11) is 0. The van der Waals surface area contributed by atoms with Gasteiger partial charge in [-0.1, -0.05) is 30.3 Å². The molecule has 0 amide bonds. The molecule has 0 unspecified atom stereocenters. The lowest BCUT2D eigenvalue weighted by atomic mass is 10.1. The summed E-state index contributed by atoms with van der Waals surface area (Å²) in [5, 5.41) is 9.20. The minimum atomic E-state index is 0.872. The molecular formula is C13H9N3. The monoisotopic (exact) mass is 207 g/mol. The summed E-state index contributed by atoms with van der Waals surface area (Å²) < 4.78 is 0. The summed E-state index contributed by atoms with van der Waals surface area (Å²) in [4.78, 5) is 4.26. The lowest BCUT2D eigenvalue weighted by Gasteiger charge is -2.03. The molecule has 0 bridgehead atoms. The van der Waals surface area contributed by atoms with Crippen LogP contribution in [0.1, 0.15) is 0 Å². The molecule has 0 fully saturated rings. The number of nitrogens with zero attached hydrogens (tertiary/aromatic N) is 3. The van der Waals surface area contributed by atoms with Gasteiger partial charge >= 0.3 is 0 Å². The topological polar surface area (TPSA) is 38.7 Å². The highest BCUT2D eigenvalue weighted by Crippen LogP contribution is 2.23. The van der Waals surface area contributed by atoms with E-state index in [1.165, 1.54) is 0 Å². The molecule has 1 aromatic carbocycles. The van der Waals surface area contributed by atoms with Crippen molar-refractivity contribution >= 4 is 10.9 Å². The highest BCUT2D eigenvalue weighted by molar-refractivity contribution is 5.91. The van der Waals surface area contributed by atoms with Gasteiger partial charge in [0.25, 0.3) is 0 Å². The van der Waals surface area contributed by atoms with Crippen molar-refractivity contribution in [2.24, 2.45) is 0 Å². The van der Waals surface area contributed by atoms with Gasteiger partial charge in [0.05, 0.1) is 11.7 Å². The number of aromatic nitrogens is 3. The molecule has 0 aliphatic rings. The highest BCUT2D eigenvalue weighted by atomic mass is 15.1. The standard InChI is InChI=1S/C13H9N3/c1-2-5-10(6-3-1)13-11-7-4-8-14-12(11)9-15-16-13/h1-9H. The molecule has 3 nitrogen and oxygen atoms in total. The van der Waals surface area contributed by atoms with E-state index < -0.39 is 0 Å². The Hall–Kier alpha value is -2.29. The average Bonchev–Trinajstić information content (AvgIpc) is 2.39. The van der Waals surface area contributed by atoms with Crippen molar-refractivity contribution in [1.82, 2.24) is 15.2 Å². The van der Waals surface area contributed by atoms with Crippen molar-refractivity contribution in [2.45, 2.75) is 0 Å². The van der Waals surface area contributed by atoms with Gasteiger partial charge in [-0.3, -0.25) is 4.98 Å². The third kappa shape index (κ3) is 1.42. The molecule has 16 heavy (non-hydrogen) atoms. The molecule has 3 aromatic rings. The van der Waals surface area contributed by atoms with E-state index in [-0.39, 0.29) is 0 Å². The van der Waals surface area contributed by atoms with Crippen molar-refractivity contribution in [2.75, 3.05) is 0 Å². The predicted molar refractivity (Wildman–Crippen MR) is 62.8 cm³/mol. The van der Waals surface area contributed by atoms with Crippen LogP contribution in [0.15, 0.2) is 54.9 Å². The lowest BCUT2D eigenvalue weighted by molar-refractivity contribution is 1.05. The van der Waals surface area contributed by atoms with Gasteiger partial charge in [-0.15, -0.1) is 5.10 Å². The van der Waals surface area contributed by atoms with E-state index in [0.717, 1.165) is 22.2 Å². The maximum atomic E-state index is 4.26. The van der Waals surface area contributed by atoms with Crippen molar-refractivity contribution in [3.05, 3.63) is 54.9 Å². The minimum Gasteiger partial charge on any atom is -0.254 e. The second kappa shape index (κ2) is 3.70. The summed E-state index contributed by atoms with van der Waals surface area (Å²) in [6, 6.07) is 13.9. The van der Waals surface area contributed by atoms with E-state index in [1.54, 1.807) is 12.4 Å². The Morgan fingerprint density at radius 1 is 0.875 bits per heavy atom. The number of fused-ring (bicyclic) bond motifs is 1. The molecule has 0 radical (unpaired) electrons. The number of hydrogen-bond donors (Lipinski definition) is 0. The van der Waals surface area contributed by atoms with E-state index in [2.05, 4.69) is 15.2 Å². The first kappa shape index (κ1) is 8.97. The summed E-state index contributed by atoms with van der Waals surface area (Å²) in [5.41, 5.74) is 2.82. The maximum Gasteiger partial charge on any atom is 0.102 e. The number of rotatable bonds is 1. The van der Waals surface area contributed by atoms with E-state index in [9.17, 15) is 0 Å². The fourth-order valence-corrected chi connectivity index (χ4v) is 1.73. The van der Waals surface area contributed by atoms with Crippen molar-refractivity contribution in [3.63, 3.8) is 0 Å². The van der Waals surface area contributed by atoms with Gasteiger partial charge < -0.3 is 0 Å². The first-order valence-corrected chi connectivity index (χ1v) is 5.07. The van der Waals surface area contributed by atoms with Crippen LogP contribution >= 0.6 is 0 Å². The Balaban J connectivity index is 2.32. The average molecular weight is 207 g/mol. The number of hydrogen-bond acceptors (Lipinski definition) is 3. The van der Waals surface area contributed by atoms with Crippen LogP contribution in [0.4, 0.5) is 0 Å². The molecule has 0 saturated carbocycles. The fourth-order valence-electron chi connectivity index (χ4n) is 1.73. The molecule has 2 aromatic heterocycles. The van der Waals surface area contributed by atoms with Gasteiger partial charge in [0.15, 0.2) is 0 Å². The smallest absolute Gasteiger partial charge is 0.102 e. The van der Waals surface area contributed by atoms with E-state index in [0.29, 0.717) is 0 Å². The summed E-state index contributed by atoms with van der Waals surface area (Å²) in [6.07, 6.45) is 3.44. The van der Waals surface area contributed by atoms with Gasteiger partial charge in [0, 0.05) is 17.1 Å². The molecule has 2 heterocycles. The van der Waals surface area contributed by atoms with Crippen LogP contribution in [0.25, 0.3) is 22.2 Å². The lowest BCUT2D eigenvalue weighted by Crippen LogP contribution is -1.90. The van der Waals surface area contributed by atoms with Crippen LogP contribution in [0.2, 0.25) is 0 Å². The Labute approximate surface area is 92.8 Å².